The van der Waals surface area contributed by atoms with Crippen LogP contribution in [0.2, 0.25) is 0 Å². The second kappa shape index (κ2) is 5.32. The van der Waals surface area contributed by atoms with Crippen molar-refractivity contribution in [2.75, 3.05) is 10.5 Å². The van der Waals surface area contributed by atoms with Crippen molar-refractivity contribution in [1.29, 1.82) is 0 Å². The molecule has 3 N–H and O–H groups in total. The number of halogens is 2. The molecule has 2 rings (SSSR count). The van der Waals surface area contributed by atoms with E-state index in [1.165, 1.54) is 17.1 Å². The normalized spacial score (nSPS) is 11.9. The molecule has 21 heavy (non-hydrogen) atoms. The van der Waals surface area contributed by atoms with Crippen LogP contribution in [0.1, 0.15) is 19.9 Å². The van der Waals surface area contributed by atoms with E-state index in [4.69, 9.17) is 5.73 Å². The highest BCUT2D eigenvalue weighted by molar-refractivity contribution is 7.92. The number of anilines is 2. The number of sulfonamides is 1. The van der Waals surface area contributed by atoms with Crippen molar-refractivity contribution in [2.24, 2.45) is 0 Å². The number of aromatic nitrogens is 2. The molecule has 0 fully saturated rings. The molecular weight excluding hydrogens is 302 g/mol. The molecule has 0 aliphatic carbocycles. The van der Waals surface area contributed by atoms with E-state index >= 15 is 0 Å². The van der Waals surface area contributed by atoms with Gasteiger partial charge in [0.15, 0.2) is 4.90 Å². The Hall–Kier alpha value is -2.16. The molecule has 1 heterocycles. The zero-order chi connectivity index (χ0) is 15.8. The molecule has 0 atom stereocenters. The quantitative estimate of drug-likeness (QED) is 0.846. The molecular formula is C12H14F2N4O2S. The summed E-state index contributed by atoms with van der Waals surface area (Å²) in [6.07, 6.45) is 2.68. The molecule has 9 heteroatoms. The lowest BCUT2D eigenvalue weighted by Crippen LogP contribution is -2.16. The monoisotopic (exact) mass is 316 g/mol. The van der Waals surface area contributed by atoms with Gasteiger partial charge in [-0.1, -0.05) is 0 Å². The zero-order valence-corrected chi connectivity index (χ0v) is 12.2. The number of nitrogens with zero attached hydrogens (tertiary/aromatic N) is 2. The maximum atomic E-state index is 13.7. The Bertz CT molecular complexity index is 748. The minimum absolute atomic E-state index is 0.0215. The molecule has 114 valence electrons. The lowest BCUT2D eigenvalue weighted by molar-refractivity contribution is 0.522. The minimum Gasteiger partial charge on any atom is -0.399 e. The first-order valence-corrected chi connectivity index (χ1v) is 7.50. The summed E-state index contributed by atoms with van der Waals surface area (Å²) in [6, 6.07) is 1.51. The van der Waals surface area contributed by atoms with Crippen LogP contribution in [0.4, 0.5) is 20.2 Å². The highest BCUT2D eigenvalue weighted by atomic mass is 32.2. The predicted molar refractivity (Wildman–Crippen MR) is 74.2 cm³/mol. The molecule has 1 aromatic carbocycles. The summed E-state index contributed by atoms with van der Waals surface area (Å²) < 4.78 is 55.1. The van der Waals surface area contributed by atoms with Gasteiger partial charge in [0.2, 0.25) is 0 Å². The summed E-state index contributed by atoms with van der Waals surface area (Å²) in [5, 5.41) is 3.93. The fourth-order valence-corrected chi connectivity index (χ4v) is 2.86. The molecule has 2 aromatic rings. The van der Waals surface area contributed by atoms with Crippen molar-refractivity contribution in [1.82, 2.24) is 9.78 Å². The van der Waals surface area contributed by atoms with Crippen LogP contribution in [0.3, 0.4) is 0 Å². The van der Waals surface area contributed by atoms with E-state index in [0.29, 0.717) is 0 Å². The number of hydrogen-bond acceptors (Lipinski definition) is 4. The summed E-state index contributed by atoms with van der Waals surface area (Å²) in [6.45, 7) is 3.70. The smallest absolute Gasteiger partial charge is 0.267 e. The minimum atomic E-state index is -4.41. The highest BCUT2D eigenvalue weighted by Gasteiger charge is 2.25. The number of nitrogens with one attached hydrogen (secondary N) is 1. The Morgan fingerprint density at radius 1 is 1.29 bits per heavy atom. The van der Waals surface area contributed by atoms with Crippen molar-refractivity contribution >= 4 is 21.4 Å². The molecule has 6 nitrogen and oxygen atoms in total. The topological polar surface area (TPSA) is 90.0 Å². The molecule has 0 saturated carbocycles. The molecule has 0 saturated heterocycles. The van der Waals surface area contributed by atoms with Gasteiger partial charge in [-0.25, -0.2) is 17.2 Å². The van der Waals surface area contributed by atoms with Gasteiger partial charge in [-0.2, -0.15) is 5.10 Å². The van der Waals surface area contributed by atoms with E-state index in [-0.39, 0.29) is 17.4 Å². The van der Waals surface area contributed by atoms with Crippen molar-refractivity contribution < 1.29 is 17.2 Å². The summed E-state index contributed by atoms with van der Waals surface area (Å²) >= 11 is 0. The second-order valence-electron chi connectivity index (χ2n) is 4.72. The van der Waals surface area contributed by atoms with Gasteiger partial charge in [-0.3, -0.25) is 9.40 Å². The van der Waals surface area contributed by atoms with Crippen LogP contribution in [-0.2, 0) is 10.0 Å². The van der Waals surface area contributed by atoms with Crippen molar-refractivity contribution in [3.8, 4) is 0 Å². The predicted octanol–water partition coefficient (Wildman–Crippen LogP) is 2.13. The molecule has 1 aromatic heterocycles. The van der Waals surface area contributed by atoms with Crippen LogP contribution in [0.5, 0.6) is 0 Å². The van der Waals surface area contributed by atoms with E-state index < -0.39 is 26.6 Å². The highest BCUT2D eigenvalue weighted by Crippen LogP contribution is 2.24. The Balaban J connectivity index is 2.38. The van der Waals surface area contributed by atoms with Crippen LogP contribution >= 0.6 is 0 Å². The molecule has 0 amide bonds. The van der Waals surface area contributed by atoms with Gasteiger partial charge in [0, 0.05) is 17.9 Å². The van der Waals surface area contributed by atoms with E-state index in [9.17, 15) is 17.2 Å². The third-order valence-corrected chi connectivity index (χ3v) is 4.10. The first-order valence-electron chi connectivity index (χ1n) is 6.02. The summed E-state index contributed by atoms with van der Waals surface area (Å²) in [5.41, 5.74) is 5.17. The van der Waals surface area contributed by atoms with Crippen LogP contribution in [0.25, 0.3) is 0 Å². The van der Waals surface area contributed by atoms with Gasteiger partial charge in [0.1, 0.15) is 11.6 Å². The summed E-state index contributed by atoms with van der Waals surface area (Å²) in [7, 11) is -4.41. The number of nitrogens with two attached hydrogens (primary N) is 1. The number of rotatable bonds is 4. The Morgan fingerprint density at radius 3 is 2.33 bits per heavy atom. The first-order chi connectivity index (χ1) is 9.70. The zero-order valence-electron chi connectivity index (χ0n) is 11.3. The van der Waals surface area contributed by atoms with Gasteiger partial charge >= 0.3 is 0 Å². The van der Waals surface area contributed by atoms with E-state index in [2.05, 4.69) is 9.82 Å². The lowest BCUT2D eigenvalue weighted by atomic mass is 10.3. The van der Waals surface area contributed by atoms with E-state index in [1.807, 2.05) is 13.8 Å². The number of hydrogen-bond donors (Lipinski definition) is 2. The average Bonchev–Trinajstić information content (AvgIpc) is 2.74. The van der Waals surface area contributed by atoms with E-state index in [0.717, 1.165) is 12.1 Å². The Kier molecular flexibility index (Phi) is 3.86. The molecule has 0 spiro atoms. The number of nitrogen functional groups attached to an aromatic ring is 1. The second-order valence-corrected chi connectivity index (χ2v) is 6.34. The van der Waals surface area contributed by atoms with Gasteiger partial charge in [-0.05, 0) is 26.0 Å². The van der Waals surface area contributed by atoms with Crippen molar-refractivity contribution in [3.63, 3.8) is 0 Å². The van der Waals surface area contributed by atoms with Crippen LogP contribution < -0.4 is 10.5 Å². The molecule has 0 aliphatic rings. The van der Waals surface area contributed by atoms with E-state index in [1.54, 1.807) is 0 Å². The largest absolute Gasteiger partial charge is 0.399 e. The van der Waals surface area contributed by atoms with Crippen molar-refractivity contribution in [2.45, 2.75) is 24.8 Å². The van der Waals surface area contributed by atoms with Gasteiger partial charge in [0.25, 0.3) is 10.0 Å². The Morgan fingerprint density at radius 2 is 1.86 bits per heavy atom. The van der Waals surface area contributed by atoms with Crippen molar-refractivity contribution in [3.05, 3.63) is 36.2 Å². The average molecular weight is 316 g/mol. The Labute approximate surface area is 120 Å². The van der Waals surface area contributed by atoms with Crippen LogP contribution in [0, 0.1) is 11.6 Å². The van der Waals surface area contributed by atoms with Gasteiger partial charge in [0.05, 0.1) is 11.9 Å². The summed E-state index contributed by atoms with van der Waals surface area (Å²) in [5.74, 6) is -2.51. The molecule has 0 aliphatic heterocycles. The molecule has 0 bridgehead atoms. The molecule has 0 unspecified atom stereocenters. The maximum absolute atomic E-state index is 13.7. The first kappa shape index (κ1) is 15.2. The third-order valence-electron chi connectivity index (χ3n) is 2.67. The summed E-state index contributed by atoms with van der Waals surface area (Å²) in [4.78, 5) is -1.08. The fourth-order valence-electron chi connectivity index (χ4n) is 1.72. The number of benzene rings is 1. The fraction of sp³-hybridized carbons (Fsp3) is 0.250. The maximum Gasteiger partial charge on any atom is 0.267 e. The van der Waals surface area contributed by atoms with Gasteiger partial charge < -0.3 is 5.73 Å². The van der Waals surface area contributed by atoms with Crippen LogP contribution in [0.15, 0.2) is 29.4 Å². The van der Waals surface area contributed by atoms with Gasteiger partial charge in [-0.15, -0.1) is 0 Å². The standard InChI is InChI=1S/C12H14F2N4O2S/c1-7(2)18-6-9(5-16-18)17-21(19,20)12-10(13)3-8(15)4-11(12)14/h3-7,17H,15H2,1-2H3. The lowest BCUT2D eigenvalue weighted by Gasteiger charge is -2.09. The SMILES string of the molecule is CC(C)n1cc(NS(=O)(=O)c2c(F)cc(N)cc2F)cn1. The molecule has 0 radical (unpaired) electrons. The van der Waals surface area contributed by atoms with Crippen LogP contribution in [-0.4, -0.2) is 18.2 Å². The third kappa shape index (κ3) is 3.13.